The van der Waals surface area contributed by atoms with Crippen LogP contribution in [0.2, 0.25) is 0 Å². The molecule has 2 fully saturated rings. The molecule has 166 valence electrons. The van der Waals surface area contributed by atoms with Crippen LogP contribution in [0.1, 0.15) is 12.5 Å². The first-order valence-electron chi connectivity index (χ1n) is 11.2. The Balaban J connectivity index is 1.30. The minimum atomic E-state index is 0.330. The Morgan fingerprint density at radius 2 is 1.87 bits per heavy atom. The predicted molar refractivity (Wildman–Crippen MR) is 119 cm³/mol. The molecule has 3 aliphatic rings. The normalized spacial score (nSPS) is 23.8. The van der Waals surface area contributed by atoms with E-state index in [0.29, 0.717) is 12.8 Å². The number of nitrogens with one attached hydrogen (secondary N) is 1. The molecule has 8 nitrogen and oxygen atoms in total. The van der Waals surface area contributed by atoms with Crippen LogP contribution in [0.4, 0.5) is 0 Å². The van der Waals surface area contributed by atoms with Crippen molar-refractivity contribution in [3.05, 3.63) is 23.8 Å². The quantitative estimate of drug-likeness (QED) is 0.561. The first kappa shape index (κ1) is 21.2. The summed E-state index contributed by atoms with van der Waals surface area (Å²) in [7, 11) is 4.42. The Bertz CT molecular complexity index is 734. The molecule has 2 saturated heterocycles. The fourth-order valence-corrected chi connectivity index (χ4v) is 4.33. The third-order valence-electron chi connectivity index (χ3n) is 6.28. The molecule has 1 atom stereocenters. The number of benzene rings is 1. The molecule has 8 heteroatoms. The number of ether oxygens (including phenoxy) is 2. The fourth-order valence-electron chi connectivity index (χ4n) is 4.33. The van der Waals surface area contributed by atoms with Gasteiger partial charge in [0.2, 0.25) is 6.79 Å². The summed E-state index contributed by atoms with van der Waals surface area (Å²) in [4.78, 5) is 14.8. The highest BCUT2D eigenvalue weighted by atomic mass is 16.7. The molecule has 30 heavy (non-hydrogen) atoms. The SMILES string of the molecule is CCNC(=NCC1CN(C)CCN1C)N1CCN(Cc2ccc3c(c2)OCO3)CC1. The molecule has 1 unspecified atom stereocenters. The molecule has 0 spiro atoms. The molecule has 0 aromatic heterocycles. The van der Waals surface area contributed by atoms with E-state index in [4.69, 9.17) is 14.5 Å². The molecule has 0 amide bonds. The number of rotatable bonds is 5. The predicted octanol–water partition coefficient (Wildman–Crippen LogP) is 0.744. The molecule has 1 aromatic carbocycles. The Morgan fingerprint density at radius 1 is 1.07 bits per heavy atom. The fraction of sp³-hybridized carbons (Fsp3) is 0.682. The van der Waals surface area contributed by atoms with E-state index in [1.165, 1.54) is 5.56 Å². The number of guanidine groups is 1. The minimum Gasteiger partial charge on any atom is -0.454 e. The van der Waals surface area contributed by atoms with Gasteiger partial charge in [0.25, 0.3) is 0 Å². The van der Waals surface area contributed by atoms with E-state index < -0.39 is 0 Å². The summed E-state index contributed by atoms with van der Waals surface area (Å²) in [6.07, 6.45) is 0. The number of hydrogen-bond acceptors (Lipinski definition) is 6. The molecule has 0 saturated carbocycles. The minimum absolute atomic E-state index is 0.330. The van der Waals surface area contributed by atoms with Crippen LogP contribution in [0.5, 0.6) is 11.5 Å². The number of fused-ring (bicyclic) bond motifs is 1. The van der Waals surface area contributed by atoms with E-state index in [9.17, 15) is 0 Å². The van der Waals surface area contributed by atoms with E-state index in [-0.39, 0.29) is 0 Å². The standard InChI is InChI=1S/C22H36N6O2/c1-4-23-22(24-14-19-16-25(2)7-8-26(19)3)28-11-9-27(10-12-28)15-18-5-6-20-21(13-18)30-17-29-20/h5-6,13,19H,4,7-12,14-17H2,1-3H3,(H,23,24). The lowest BCUT2D eigenvalue weighted by Gasteiger charge is -2.38. The Hall–Kier alpha value is -2.03. The average molecular weight is 417 g/mol. The molecule has 0 bridgehead atoms. The second-order valence-corrected chi connectivity index (χ2v) is 8.54. The van der Waals surface area contributed by atoms with Crippen molar-refractivity contribution in [3.8, 4) is 11.5 Å². The van der Waals surface area contributed by atoms with E-state index in [1.54, 1.807) is 0 Å². The van der Waals surface area contributed by atoms with Crippen LogP contribution in [0.15, 0.2) is 23.2 Å². The maximum atomic E-state index is 5.52. The van der Waals surface area contributed by atoms with Gasteiger partial charge in [-0.3, -0.25) is 14.8 Å². The third-order valence-corrected chi connectivity index (χ3v) is 6.28. The van der Waals surface area contributed by atoms with Gasteiger partial charge in [0, 0.05) is 64.9 Å². The molecule has 4 rings (SSSR count). The van der Waals surface area contributed by atoms with Crippen LogP contribution in [-0.4, -0.2) is 111 Å². The smallest absolute Gasteiger partial charge is 0.231 e. The van der Waals surface area contributed by atoms with Crippen LogP contribution < -0.4 is 14.8 Å². The lowest BCUT2D eigenvalue weighted by atomic mass is 10.1. The van der Waals surface area contributed by atoms with Gasteiger partial charge in [0.1, 0.15) is 0 Å². The molecular formula is C22H36N6O2. The van der Waals surface area contributed by atoms with E-state index in [0.717, 1.165) is 82.9 Å². The summed E-state index contributed by atoms with van der Waals surface area (Å²) in [6, 6.07) is 6.76. The topological polar surface area (TPSA) is 55.8 Å². The maximum absolute atomic E-state index is 5.52. The van der Waals surface area contributed by atoms with Crippen LogP contribution in [0.3, 0.4) is 0 Å². The lowest BCUT2D eigenvalue weighted by Crippen LogP contribution is -2.54. The molecule has 3 aliphatic heterocycles. The van der Waals surface area contributed by atoms with E-state index in [2.05, 4.69) is 58.1 Å². The first-order valence-corrected chi connectivity index (χ1v) is 11.2. The van der Waals surface area contributed by atoms with Crippen LogP contribution in [0.25, 0.3) is 0 Å². The van der Waals surface area contributed by atoms with Gasteiger partial charge < -0.3 is 24.6 Å². The summed E-state index contributed by atoms with van der Waals surface area (Å²) in [5.41, 5.74) is 1.28. The largest absolute Gasteiger partial charge is 0.454 e. The van der Waals surface area contributed by atoms with Gasteiger partial charge in [0.05, 0.1) is 6.54 Å². The van der Waals surface area contributed by atoms with Crippen molar-refractivity contribution in [2.75, 3.05) is 79.8 Å². The highest BCUT2D eigenvalue weighted by Crippen LogP contribution is 2.32. The van der Waals surface area contributed by atoms with Crippen molar-refractivity contribution < 1.29 is 9.47 Å². The van der Waals surface area contributed by atoms with Gasteiger partial charge >= 0.3 is 0 Å². The second kappa shape index (κ2) is 9.85. The second-order valence-electron chi connectivity index (χ2n) is 8.54. The van der Waals surface area contributed by atoms with Crippen molar-refractivity contribution in [1.82, 2.24) is 24.9 Å². The highest BCUT2D eigenvalue weighted by Gasteiger charge is 2.24. The third kappa shape index (κ3) is 5.17. The number of hydrogen-bond donors (Lipinski definition) is 1. The molecule has 1 aromatic rings. The molecule has 1 N–H and O–H groups in total. The molecular weight excluding hydrogens is 380 g/mol. The van der Waals surface area contributed by atoms with Crippen LogP contribution in [-0.2, 0) is 6.54 Å². The van der Waals surface area contributed by atoms with Crippen LogP contribution >= 0.6 is 0 Å². The molecule has 3 heterocycles. The summed E-state index contributed by atoms with van der Waals surface area (Å²) in [5, 5.41) is 3.51. The van der Waals surface area contributed by atoms with E-state index in [1.807, 2.05) is 6.07 Å². The van der Waals surface area contributed by atoms with E-state index >= 15 is 0 Å². The van der Waals surface area contributed by atoms with Gasteiger partial charge in [-0.05, 0) is 38.7 Å². The zero-order chi connectivity index (χ0) is 20.9. The summed E-state index contributed by atoms with van der Waals surface area (Å²) < 4.78 is 10.9. The van der Waals surface area contributed by atoms with Gasteiger partial charge in [-0.25, -0.2) is 0 Å². The van der Waals surface area contributed by atoms with Gasteiger partial charge in [0.15, 0.2) is 17.5 Å². The first-order chi connectivity index (χ1) is 14.6. The summed E-state index contributed by atoms with van der Waals surface area (Å²) >= 11 is 0. The van der Waals surface area contributed by atoms with Crippen molar-refractivity contribution in [3.63, 3.8) is 0 Å². The van der Waals surface area contributed by atoms with Crippen molar-refractivity contribution in [2.24, 2.45) is 4.99 Å². The molecule has 0 aliphatic carbocycles. The van der Waals surface area contributed by atoms with Crippen LogP contribution in [0, 0.1) is 0 Å². The maximum Gasteiger partial charge on any atom is 0.231 e. The zero-order valence-electron chi connectivity index (χ0n) is 18.6. The van der Waals surface area contributed by atoms with Gasteiger partial charge in [-0.2, -0.15) is 0 Å². The number of aliphatic imine (C=N–C) groups is 1. The van der Waals surface area contributed by atoms with Gasteiger partial charge in [-0.1, -0.05) is 6.07 Å². The van der Waals surface area contributed by atoms with Crippen molar-refractivity contribution >= 4 is 5.96 Å². The summed E-state index contributed by atoms with van der Waals surface area (Å²) in [6.45, 7) is 12.6. The lowest BCUT2D eigenvalue weighted by molar-refractivity contribution is 0.119. The highest BCUT2D eigenvalue weighted by molar-refractivity contribution is 5.80. The monoisotopic (exact) mass is 416 g/mol. The number of piperazine rings is 2. The average Bonchev–Trinajstić information content (AvgIpc) is 3.22. The zero-order valence-corrected chi connectivity index (χ0v) is 18.6. The van der Waals surface area contributed by atoms with Gasteiger partial charge in [-0.15, -0.1) is 0 Å². The number of likely N-dealkylation sites (N-methyl/N-ethyl adjacent to an activating group) is 2. The number of nitrogens with zero attached hydrogens (tertiary/aromatic N) is 5. The molecule has 0 radical (unpaired) electrons. The Labute approximate surface area is 180 Å². The Morgan fingerprint density at radius 3 is 2.67 bits per heavy atom. The van der Waals surface area contributed by atoms with Crippen molar-refractivity contribution in [2.45, 2.75) is 19.5 Å². The summed E-state index contributed by atoms with van der Waals surface area (Å²) in [5.74, 6) is 2.78. The Kier molecular flexibility index (Phi) is 6.97. The van der Waals surface area contributed by atoms with Crippen molar-refractivity contribution in [1.29, 1.82) is 0 Å².